The van der Waals surface area contributed by atoms with Crippen molar-refractivity contribution in [1.82, 2.24) is 10.0 Å². The number of rotatable bonds is 5. The number of amides is 2. The zero-order chi connectivity index (χ0) is 24.2. The molecular formula is C28H27N3O4. The van der Waals surface area contributed by atoms with Crippen LogP contribution in [0.2, 0.25) is 0 Å². The molecule has 0 bridgehead atoms. The monoisotopic (exact) mass is 469 g/mol. The molecule has 0 spiro atoms. The van der Waals surface area contributed by atoms with Crippen LogP contribution in [0.15, 0.2) is 78.9 Å². The van der Waals surface area contributed by atoms with Crippen LogP contribution in [0, 0.1) is 5.92 Å². The molecule has 3 saturated heterocycles. The predicted molar refractivity (Wildman–Crippen MR) is 131 cm³/mol. The van der Waals surface area contributed by atoms with E-state index in [0.29, 0.717) is 18.0 Å². The van der Waals surface area contributed by atoms with Gasteiger partial charge in [-0.1, -0.05) is 42.5 Å². The van der Waals surface area contributed by atoms with Gasteiger partial charge in [-0.3, -0.25) is 9.59 Å². The number of carbonyl (C=O) groups is 2. The molecule has 3 aliphatic rings. The largest absolute Gasteiger partial charge is 0.497 e. The highest BCUT2D eigenvalue weighted by molar-refractivity contribution is 6.26. The lowest BCUT2D eigenvalue weighted by atomic mass is 9.75. The van der Waals surface area contributed by atoms with Crippen molar-refractivity contribution in [3.63, 3.8) is 0 Å². The molecule has 0 unspecified atom stereocenters. The molecule has 35 heavy (non-hydrogen) atoms. The molecule has 3 aromatic rings. The number of hydrogen-bond donors (Lipinski definition) is 0. The minimum atomic E-state index is -1.10. The number of methoxy groups -OCH3 is 2. The Bertz CT molecular complexity index is 1260. The zero-order valence-corrected chi connectivity index (χ0v) is 19.8. The van der Waals surface area contributed by atoms with E-state index in [1.807, 2.05) is 54.6 Å². The van der Waals surface area contributed by atoms with Crippen molar-refractivity contribution in [2.75, 3.05) is 32.2 Å². The lowest BCUT2D eigenvalue weighted by molar-refractivity contribution is -0.134. The molecule has 6 rings (SSSR count). The molecule has 0 aromatic heterocycles. The van der Waals surface area contributed by atoms with E-state index in [9.17, 15) is 9.59 Å². The van der Waals surface area contributed by atoms with Gasteiger partial charge < -0.3 is 9.47 Å². The van der Waals surface area contributed by atoms with Crippen molar-refractivity contribution in [3.05, 3.63) is 90.0 Å². The van der Waals surface area contributed by atoms with Gasteiger partial charge in [-0.15, -0.1) is 0 Å². The summed E-state index contributed by atoms with van der Waals surface area (Å²) in [5.41, 5.74) is 1.31. The van der Waals surface area contributed by atoms with Crippen molar-refractivity contribution in [2.45, 2.75) is 18.0 Å². The van der Waals surface area contributed by atoms with Gasteiger partial charge in [0.05, 0.1) is 31.9 Å². The molecule has 0 N–H and O–H groups in total. The van der Waals surface area contributed by atoms with Crippen molar-refractivity contribution >= 4 is 17.5 Å². The minimum absolute atomic E-state index is 0.181. The number of hydrogen-bond acceptors (Lipinski definition) is 6. The standard InChI is InChI=1S/C28H27N3O4/c1-34-22-13-9-19(10-14-22)25-24-26(32)31(21-11-15-23(35-2)16-12-21)27(33)28(24,20-7-4-3-5-8-20)30-18-6-17-29(25)30/h3-5,7-16,24-25H,6,17-18H2,1-2H3/t24-,25+,28-/m0/s1. The lowest BCUT2D eigenvalue weighted by Crippen LogP contribution is -2.52. The van der Waals surface area contributed by atoms with Crippen LogP contribution in [0.4, 0.5) is 5.69 Å². The van der Waals surface area contributed by atoms with Crippen molar-refractivity contribution < 1.29 is 19.1 Å². The van der Waals surface area contributed by atoms with Crippen LogP contribution >= 0.6 is 0 Å². The van der Waals surface area contributed by atoms with Crippen LogP contribution in [-0.2, 0) is 15.1 Å². The summed E-state index contributed by atoms with van der Waals surface area (Å²) in [5, 5.41) is 4.40. The molecule has 3 aliphatic heterocycles. The quantitative estimate of drug-likeness (QED) is 0.531. The van der Waals surface area contributed by atoms with Crippen LogP contribution in [0.5, 0.6) is 11.5 Å². The van der Waals surface area contributed by atoms with Crippen LogP contribution < -0.4 is 14.4 Å². The second kappa shape index (κ2) is 8.22. The van der Waals surface area contributed by atoms with Gasteiger partial charge in [0.1, 0.15) is 11.5 Å². The number of hydrazine groups is 1. The molecule has 3 heterocycles. The minimum Gasteiger partial charge on any atom is -0.497 e. The highest BCUT2D eigenvalue weighted by atomic mass is 16.5. The first-order valence-corrected chi connectivity index (χ1v) is 11.9. The second-order valence-corrected chi connectivity index (χ2v) is 9.14. The molecule has 178 valence electrons. The molecule has 0 aliphatic carbocycles. The van der Waals surface area contributed by atoms with E-state index in [1.54, 1.807) is 38.5 Å². The fourth-order valence-electron chi connectivity index (χ4n) is 6.11. The summed E-state index contributed by atoms with van der Waals surface area (Å²) in [6, 6.07) is 24.5. The van der Waals surface area contributed by atoms with Gasteiger partial charge >= 0.3 is 0 Å². The maximum atomic E-state index is 14.5. The Morgan fingerprint density at radius 1 is 0.800 bits per heavy atom. The maximum Gasteiger partial charge on any atom is 0.261 e. The maximum absolute atomic E-state index is 14.5. The summed E-state index contributed by atoms with van der Waals surface area (Å²) in [6.07, 6.45) is 0.929. The van der Waals surface area contributed by atoms with Crippen molar-refractivity contribution in [3.8, 4) is 11.5 Å². The topological polar surface area (TPSA) is 62.3 Å². The van der Waals surface area contributed by atoms with Crippen LogP contribution in [0.3, 0.4) is 0 Å². The molecule has 3 atom stereocenters. The summed E-state index contributed by atoms with van der Waals surface area (Å²) in [7, 11) is 3.23. The summed E-state index contributed by atoms with van der Waals surface area (Å²) in [5.74, 6) is 0.458. The third kappa shape index (κ3) is 2.98. The van der Waals surface area contributed by atoms with Crippen LogP contribution in [-0.4, -0.2) is 49.1 Å². The van der Waals surface area contributed by atoms with E-state index in [0.717, 1.165) is 29.8 Å². The van der Waals surface area contributed by atoms with E-state index in [-0.39, 0.29) is 17.9 Å². The first-order valence-electron chi connectivity index (χ1n) is 11.9. The Hall–Kier alpha value is -3.68. The van der Waals surface area contributed by atoms with Gasteiger partial charge in [-0.25, -0.2) is 14.9 Å². The average Bonchev–Trinajstić information content (AvgIpc) is 3.55. The highest BCUT2D eigenvalue weighted by Crippen LogP contribution is 2.59. The van der Waals surface area contributed by atoms with Gasteiger partial charge in [0.2, 0.25) is 5.91 Å². The van der Waals surface area contributed by atoms with E-state index in [2.05, 4.69) is 10.0 Å². The molecule has 7 nitrogen and oxygen atoms in total. The number of ether oxygens (including phenoxy) is 2. The predicted octanol–water partition coefficient (Wildman–Crippen LogP) is 3.77. The van der Waals surface area contributed by atoms with Crippen LogP contribution in [0.25, 0.3) is 0 Å². The number of nitrogens with zero attached hydrogens (tertiary/aromatic N) is 3. The number of benzene rings is 3. The summed E-state index contributed by atoms with van der Waals surface area (Å²) >= 11 is 0. The molecule has 2 amide bonds. The number of imide groups is 1. The van der Waals surface area contributed by atoms with E-state index in [4.69, 9.17) is 9.47 Å². The Balaban J connectivity index is 1.55. The molecule has 3 fully saturated rings. The highest BCUT2D eigenvalue weighted by Gasteiger charge is 2.73. The van der Waals surface area contributed by atoms with Gasteiger partial charge in [0.15, 0.2) is 5.54 Å². The summed E-state index contributed by atoms with van der Waals surface area (Å²) in [6.45, 7) is 1.51. The Morgan fingerprint density at radius 2 is 1.43 bits per heavy atom. The second-order valence-electron chi connectivity index (χ2n) is 9.14. The van der Waals surface area contributed by atoms with Gasteiger partial charge in [-0.2, -0.15) is 0 Å². The normalized spacial score (nSPS) is 26.2. The fraction of sp³-hybridized carbons (Fsp3) is 0.286. The number of carbonyl (C=O) groups excluding carboxylic acids is 2. The molecule has 3 aromatic carbocycles. The van der Waals surface area contributed by atoms with Gasteiger partial charge in [-0.05, 0) is 53.9 Å². The van der Waals surface area contributed by atoms with E-state index < -0.39 is 11.5 Å². The zero-order valence-electron chi connectivity index (χ0n) is 19.8. The average molecular weight is 470 g/mol. The van der Waals surface area contributed by atoms with Crippen LogP contribution in [0.1, 0.15) is 23.6 Å². The number of anilines is 1. The molecule has 0 saturated carbocycles. The summed E-state index contributed by atoms with van der Waals surface area (Å²) in [4.78, 5) is 30.1. The molecular weight excluding hydrogens is 442 g/mol. The molecule has 0 radical (unpaired) electrons. The first-order chi connectivity index (χ1) is 17.1. The van der Waals surface area contributed by atoms with E-state index in [1.165, 1.54) is 4.90 Å². The van der Waals surface area contributed by atoms with Crippen molar-refractivity contribution in [2.24, 2.45) is 5.92 Å². The summed E-state index contributed by atoms with van der Waals surface area (Å²) < 4.78 is 10.6. The van der Waals surface area contributed by atoms with E-state index >= 15 is 0 Å². The molecule has 7 heteroatoms. The fourth-order valence-corrected chi connectivity index (χ4v) is 6.11. The Labute approximate surface area is 204 Å². The first kappa shape index (κ1) is 21.8. The number of fused-ring (bicyclic) bond motifs is 3. The smallest absolute Gasteiger partial charge is 0.261 e. The Kier molecular flexibility index (Phi) is 5.12. The third-order valence-corrected chi connectivity index (χ3v) is 7.58. The lowest BCUT2D eigenvalue weighted by Gasteiger charge is -2.36. The SMILES string of the molecule is COc1ccc([C@@H]2[C@H]3C(=O)N(c4ccc(OC)cc4)C(=O)[C@@]3(c3ccccc3)N3CCCN23)cc1. The van der Waals surface area contributed by atoms with Gasteiger partial charge in [0, 0.05) is 13.1 Å². The van der Waals surface area contributed by atoms with Gasteiger partial charge in [0.25, 0.3) is 5.91 Å². The Morgan fingerprint density at radius 3 is 2.06 bits per heavy atom. The third-order valence-electron chi connectivity index (χ3n) is 7.58. The van der Waals surface area contributed by atoms with Crippen molar-refractivity contribution in [1.29, 1.82) is 0 Å².